The number of hydrogen-bond acceptors (Lipinski definition) is 5. The number of benzene rings is 2. The molecular formula is C32H48N4O2. The Morgan fingerprint density at radius 1 is 0.711 bits per heavy atom. The van der Waals surface area contributed by atoms with Crippen molar-refractivity contribution in [3.63, 3.8) is 0 Å². The molecule has 1 fully saturated rings. The minimum atomic E-state index is -0.154. The Morgan fingerprint density at radius 2 is 1.34 bits per heavy atom. The van der Waals surface area contributed by atoms with Crippen molar-refractivity contribution in [2.45, 2.75) is 77.6 Å². The molecule has 38 heavy (non-hydrogen) atoms. The summed E-state index contributed by atoms with van der Waals surface area (Å²) in [4.78, 5) is 33.0. The van der Waals surface area contributed by atoms with Crippen molar-refractivity contribution in [2.24, 2.45) is 0 Å². The van der Waals surface area contributed by atoms with E-state index >= 15 is 0 Å². The Kier molecular flexibility index (Phi) is 11.0. The van der Waals surface area contributed by atoms with E-state index in [0.29, 0.717) is 17.7 Å². The molecule has 1 N–H and O–H groups in total. The van der Waals surface area contributed by atoms with Gasteiger partial charge in [0.05, 0.1) is 0 Å². The van der Waals surface area contributed by atoms with Gasteiger partial charge in [0.15, 0.2) is 0 Å². The van der Waals surface area contributed by atoms with Crippen LogP contribution >= 0.6 is 0 Å². The van der Waals surface area contributed by atoms with Gasteiger partial charge in [-0.25, -0.2) is 0 Å². The van der Waals surface area contributed by atoms with Gasteiger partial charge in [-0.3, -0.25) is 14.5 Å². The highest BCUT2D eigenvalue weighted by molar-refractivity contribution is 6.26. The predicted octanol–water partition coefficient (Wildman–Crippen LogP) is 6.41. The van der Waals surface area contributed by atoms with Gasteiger partial charge in [0, 0.05) is 66.9 Å². The molecule has 2 aliphatic heterocycles. The van der Waals surface area contributed by atoms with Gasteiger partial charge in [-0.15, -0.1) is 0 Å². The number of hydrogen-bond donors (Lipinski definition) is 1. The number of likely N-dealkylation sites (N-methyl/N-ethyl adjacent to an activating group) is 1. The van der Waals surface area contributed by atoms with Crippen LogP contribution in [0.3, 0.4) is 0 Å². The van der Waals surface area contributed by atoms with E-state index in [1.807, 2.05) is 30.3 Å². The number of unbranched alkanes of at least 4 members (excludes halogenated alkanes) is 9. The van der Waals surface area contributed by atoms with Gasteiger partial charge >= 0.3 is 0 Å². The number of piperazine rings is 1. The van der Waals surface area contributed by atoms with Crippen molar-refractivity contribution in [2.75, 3.05) is 58.2 Å². The summed E-state index contributed by atoms with van der Waals surface area (Å²) in [6, 6.07) is 9.79. The van der Waals surface area contributed by atoms with Gasteiger partial charge in [-0.1, -0.05) is 76.8 Å². The lowest BCUT2D eigenvalue weighted by molar-refractivity contribution is 0.0599. The van der Waals surface area contributed by atoms with E-state index in [0.717, 1.165) is 68.6 Å². The topological polar surface area (TPSA) is 55.9 Å². The second-order valence-electron chi connectivity index (χ2n) is 11.3. The van der Waals surface area contributed by atoms with Crippen LogP contribution in [0.2, 0.25) is 0 Å². The highest BCUT2D eigenvalue weighted by Gasteiger charge is 2.33. The van der Waals surface area contributed by atoms with Crippen LogP contribution in [0.1, 0.15) is 98.3 Å². The van der Waals surface area contributed by atoms with Crippen molar-refractivity contribution < 1.29 is 9.59 Å². The number of rotatable bonds is 16. The maximum Gasteiger partial charge on any atom is 0.261 e. The van der Waals surface area contributed by atoms with Crippen molar-refractivity contribution >= 4 is 28.3 Å². The number of nitrogens with zero attached hydrogens (tertiary/aromatic N) is 3. The monoisotopic (exact) mass is 520 g/mol. The first-order chi connectivity index (χ1) is 18.6. The molecule has 2 aliphatic rings. The fourth-order valence-corrected chi connectivity index (χ4v) is 5.86. The number of nitrogens with one attached hydrogen (secondary N) is 1. The number of carbonyl (C=O) groups excluding carboxylic acids is 2. The molecule has 0 radical (unpaired) electrons. The first-order valence-corrected chi connectivity index (χ1v) is 15.2. The quantitative estimate of drug-likeness (QED) is 0.205. The van der Waals surface area contributed by atoms with Crippen molar-refractivity contribution in [1.82, 2.24) is 14.7 Å². The zero-order valence-electron chi connectivity index (χ0n) is 23.8. The molecule has 0 saturated carbocycles. The SMILES string of the molecule is CCCCCCCCCCCCNc1ccc2c3c(cccc13)C(=O)N(CCCN1CCN(C)CC1)C2=O. The van der Waals surface area contributed by atoms with Gasteiger partial charge in [0.2, 0.25) is 0 Å². The van der Waals surface area contributed by atoms with Gasteiger partial charge in [-0.2, -0.15) is 0 Å². The first kappa shape index (κ1) is 28.6. The standard InChI is InChI=1S/C32H48N4O2/c1-3-4-5-6-7-8-9-10-11-12-19-33-29-18-17-28-30-26(29)15-13-16-27(30)31(37)36(32(28)38)21-14-20-35-24-22-34(2)23-25-35/h13,15-18,33H,3-12,14,19-25H2,1-2H3. The molecule has 208 valence electrons. The maximum atomic E-state index is 13.4. The summed E-state index contributed by atoms with van der Waals surface area (Å²) >= 11 is 0. The smallest absolute Gasteiger partial charge is 0.261 e. The lowest BCUT2D eigenvalue weighted by Gasteiger charge is -2.33. The summed E-state index contributed by atoms with van der Waals surface area (Å²) in [5.41, 5.74) is 2.32. The van der Waals surface area contributed by atoms with Crippen LogP contribution in [-0.4, -0.2) is 79.4 Å². The van der Waals surface area contributed by atoms with Crippen LogP contribution in [0.5, 0.6) is 0 Å². The van der Waals surface area contributed by atoms with Gasteiger partial charge in [0.25, 0.3) is 11.8 Å². The van der Waals surface area contributed by atoms with Crippen LogP contribution in [0.4, 0.5) is 5.69 Å². The molecule has 0 spiro atoms. The van der Waals surface area contributed by atoms with Crippen molar-refractivity contribution in [3.05, 3.63) is 41.5 Å². The van der Waals surface area contributed by atoms with Gasteiger partial charge < -0.3 is 15.1 Å². The Hall–Kier alpha value is -2.44. The Labute approximate surface area is 229 Å². The maximum absolute atomic E-state index is 13.4. The molecule has 0 bridgehead atoms. The Bertz CT molecular complexity index is 1040. The highest BCUT2D eigenvalue weighted by atomic mass is 16.2. The average molecular weight is 521 g/mol. The summed E-state index contributed by atoms with van der Waals surface area (Å²) in [7, 11) is 2.15. The lowest BCUT2D eigenvalue weighted by atomic mass is 9.93. The van der Waals surface area contributed by atoms with Crippen LogP contribution in [0, 0.1) is 0 Å². The molecule has 1 saturated heterocycles. The van der Waals surface area contributed by atoms with E-state index in [-0.39, 0.29) is 11.8 Å². The third-order valence-corrected chi connectivity index (χ3v) is 8.29. The fraction of sp³-hybridized carbons (Fsp3) is 0.625. The predicted molar refractivity (Wildman–Crippen MR) is 158 cm³/mol. The van der Waals surface area contributed by atoms with Crippen LogP contribution in [0.25, 0.3) is 10.8 Å². The second kappa shape index (κ2) is 14.6. The minimum absolute atomic E-state index is 0.154. The second-order valence-corrected chi connectivity index (χ2v) is 11.3. The molecule has 2 heterocycles. The summed E-state index contributed by atoms with van der Waals surface area (Å²) in [6.07, 6.45) is 14.0. The van der Waals surface area contributed by atoms with E-state index < -0.39 is 0 Å². The Morgan fingerprint density at radius 3 is 2.03 bits per heavy atom. The molecule has 0 aliphatic carbocycles. The summed E-state index contributed by atoms with van der Waals surface area (Å²) < 4.78 is 0. The van der Waals surface area contributed by atoms with Crippen molar-refractivity contribution in [1.29, 1.82) is 0 Å². The summed E-state index contributed by atoms with van der Waals surface area (Å²) in [6.45, 7) is 8.82. The Balaban J connectivity index is 1.27. The molecule has 6 heteroatoms. The molecule has 4 rings (SSSR count). The lowest BCUT2D eigenvalue weighted by Crippen LogP contribution is -2.46. The zero-order valence-corrected chi connectivity index (χ0v) is 23.8. The van der Waals surface area contributed by atoms with Crippen LogP contribution < -0.4 is 5.32 Å². The van der Waals surface area contributed by atoms with Crippen LogP contribution in [0.15, 0.2) is 30.3 Å². The van der Waals surface area contributed by atoms with E-state index in [1.165, 1.54) is 62.7 Å². The third-order valence-electron chi connectivity index (χ3n) is 8.29. The van der Waals surface area contributed by atoms with Gasteiger partial charge in [0.1, 0.15) is 0 Å². The largest absolute Gasteiger partial charge is 0.385 e. The molecule has 2 amide bonds. The molecule has 0 unspecified atom stereocenters. The van der Waals surface area contributed by atoms with Crippen LogP contribution in [-0.2, 0) is 0 Å². The van der Waals surface area contributed by atoms with E-state index in [4.69, 9.17) is 0 Å². The number of carbonyl (C=O) groups is 2. The third kappa shape index (κ3) is 7.35. The molecule has 0 atom stereocenters. The number of amides is 2. The average Bonchev–Trinajstić information content (AvgIpc) is 2.93. The van der Waals surface area contributed by atoms with E-state index in [1.54, 1.807) is 0 Å². The number of imide groups is 1. The van der Waals surface area contributed by atoms with Crippen molar-refractivity contribution in [3.8, 4) is 0 Å². The number of anilines is 1. The van der Waals surface area contributed by atoms with Gasteiger partial charge in [-0.05, 0) is 44.6 Å². The minimum Gasteiger partial charge on any atom is -0.385 e. The summed E-state index contributed by atoms with van der Waals surface area (Å²) in [5.74, 6) is -0.309. The van der Waals surface area contributed by atoms with E-state index in [2.05, 4.69) is 29.1 Å². The van der Waals surface area contributed by atoms with E-state index in [9.17, 15) is 9.59 Å². The normalized spacial score (nSPS) is 16.5. The molecule has 2 aromatic carbocycles. The zero-order chi connectivity index (χ0) is 26.7. The molecular weight excluding hydrogens is 472 g/mol. The molecule has 2 aromatic rings. The fourth-order valence-electron chi connectivity index (χ4n) is 5.86. The highest BCUT2D eigenvalue weighted by Crippen LogP contribution is 2.34. The molecule has 6 nitrogen and oxygen atoms in total. The molecule has 0 aromatic heterocycles. The summed E-state index contributed by atoms with van der Waals surface area (Å²) in [5, 5.41) is 5.37. The first-order valence-electron chi connectivity index (χ1n) is 15.2.